The number of methoxy groups -OCH3 is 1. The number of halogens is 2. The summed E-state index contributed by atoms with van der Waals surface area (Å²) in [6.07, 6.45) is 3.78. The molecule has 1 heterocycles. The van der Waals surface area contributed by atoms with Crippen LogP contribution in [0.15, 0.2) is 0 Å². The molecule has 1 saturated heterocycles. The summed E-state index contributed by atoms with van der Waals surface area (Å²) in [5, 5.41) is 2.95. The molecule has 1 atom stereocenters. The van der Waals surface area contributed by atoms with Crippen molar-refractivity contribution in [3.8, 4) is 0 Å². The Morgan fingerprint density at radius 3 is 2.50 bits per heavy atom. The van der Waals surface area contributed by atoms with Crippen LogP contribution in [0.4, 0.5) is 0 Å². The lowest BCUT2D eigenvalue weighted by atomic mass is 9.94. The topological polar surface area (TPSA) is 67.6 Å². The Kier molecular flexibility index (Phi) is 14.1. The van der Waals surface area contributed by atoms with Gasteiger partial charge in [0, 0.05) is 20.2 Å². The summed E-state index contributed by atoms with van der Waals surface area (Å²) >= 11 is 0. The van der Waals surface area contributed by atoms with Crippen LogP contribution in [0.3, 0.4) is 0 Å². The number of rotatable bonds is 7. The van der Waals surface area contributed by atoms with Gasteiger partial charge >= 0.3 is 0 Å². The Labute approximate surface area is 134 Å². The predicted octanol–water partition coefficient (Wildman–Crippen LogP) is 1.04. The molecule has 0 aromatic heterocycles. The Morgan fingerprint density at radius 1 is 1.40 bits per heavy atom. The van der Waals surface area contributed by atoms with Crippen LogP contribution in [0.1, 0.15) is 25.7 Å². The van der Waals surface area contributed by atoms with Gasteiger partial charge in [-0.25, -0.2) is 0 Å². The van der Waals surface area contributed by atoms with E-state index in [0.717, 1.165) is 18.9 Å². The van der Waals surface area contributed by atoms with E-state index in [9.17, 15) is 4.79 Å². The zero-order chi connectivity index (χ0) is 13.4. The quantitative estimate of drug-likeness (QED) is 0.732. The van der Waals surface area contributed by atoms with Crippen molar-refractivity contribution in [2.75, 3.05) is 40.3 Å². The minimum absolute atomic E-state index is 0. The summed E-state index contributed by atoms with van der Waals surface area (Å²) in [5.74, 6) is 0.800. The smallest absolute Gasteiger partial charge is 0.222 e. The Hall–Kier alpha value is -0.0700. The largest absolute Gasteiger partial charge is 0.380 e. The fraction of sp³-hybridized carbons (Fsp3) is 0.923. The Morgan fingerprint density at radius 2 is 2.00 bits per heavy atom. The molecule has 7 heteroatoms. The van der Waals surface area contributed by atoms with Gasteiger partial charge in [0.25, 0.3) is 0 Å². The molecule has 5 nitrogen and oxygen atoms in total. The molecule has 1 fully saturated rings. The van der Waals surface area contributed by atoms with Gasteiger partial charge in [-0.15, -0.1) is 24.8 Å². The van der Waals surface area contributed by atoms with Crippen LogP contribution in [-0.2, 0) is 9.53 Å². The van der Waals surface area contributed by atoms with Gasteiger partial charge in [0.1, 0.15) is 0 Å². The van der Waals surface area contributed by atoms with E-state index in [1.807, 2.05) is 0 Å². The average Bonchev–Trinajstić information content (AvgIpc) is 2.38. The highest BCUT2D eigenvalue weighted by molar-refractivity contribution is 5.85. The third kappa shape index (κ3) is 8.97. The first-order valence-corrected chi connectivity index (χ1v) is 6.83. The molecule has 20 heavy (non-hydrogen) atoms. The molecule has 1 aliphatic heterocycles. The van der Waals surface area contributed by atoms with Gasteiger partial charge in [-0.2, -0.15) is 0 Å². The van der Waals surface area contributed by atoms with Crippen molar-refractivity contribution in [3.63, 3.8) is 0 Å². The summed E-state index contributed by atoms with van der Waals surface area (Å²) in [6, 6.07) is 0. The minimum Gasteiger partial charge on any atom is -0.380 e. The SMILES string of the molecule is COC(CN)CC(=O)NCCC1CCN(C)CC1.Cl.Cl. The van der Waals surface area contributed by atoms with E-state index in [4.69, 9.17) is 10.5 Å². The van der Waals surface area contributed by atoms with Crippen LogP contribution in [-0.4, -0.2) is 57.2 Å². The molecule has 3 N–H and O–H groups in total. The third-order valence-corrected chi connectivity index (χ3v) is 3.72. The number of amides is 1. The molecule has 0 spiro atoms. The maximum absolute atomic E-state index is 11.6. The van der Waals surface area contributed by atoms with E-state index in [0.29, 0.717) is 13.0 Å². The number of nitrogens with one attached hydrogen (secondary N) is 1. The number of ether oxygens (including phenoxy) is 1. The standard InChI is InChI=1S/C13H27N3O2.2ClH/c1-16-7-4-11(5-8-16)3-6-15-13(17)9-12(10-14)18-2;;/h11-12H,3-10,14H2,1-2H3,(H,15,17);2*1H. The molecule has 122 valence electrons. The highest BCUT2D eigenvalue weighted by Gasteiger charge is 2.17. The third-order valence-electron chi connectivity index (χ3n) is 3.72. The van der Waals surface area contributed by atoms with Crippen molar-refractivity contribution in [2.45, 2.75) is 31.8 Å². The fourth-order valence-corrected chi connectivity index (χ4v) is 2.31. The second-order valence-electron chi connectivity index (χ2n) is 5.18. The van der Waals surface area contributed by atoms with Crippen molar-refractivity contribution >= 4 is 30.7 Å². The van der Waals surface area contributed by atoms with E-state index < -0.39 is 0 Å². The molecule has 1 unspecified atom stereocenters. The van der Waals surface area contributed by atoms with Crippen LogP contribution in [0.5, 0.6) is 0 Å². The zero-order valence-corrected chi connectivity index (χ0v) is 14.1. The van der Waals surface area contributed by atoms with Gasteiger partial charge in [0.15, 0.2) is 0 Å². The van der Waals surface area contributed by atoms with Gasteiger partial charge in [-0.1, -0.05) is 0 Å². The summed E-state index contributed by atoms with van der Waals surface area (Å²) in [5.41, 5.74) is 5.48. The first-order chi connectivity index (χ1) is 8.65. The van der Waals surface area contributed by atoms with E-state index in [-0.39, 0.29) is 36.8 Å². The summed E-state index contributed by atoms with van der Waals surface area (Å²) in [7, 11) is 3.75. The highest BCUT2D eigenvalue weighted by atomic mass is 35.5. The molecule has 0 aliphatic carbocycles. The molecule has 0 aromatic carbocycles. The van der Waals surface area contributed by atoms with Crippen LogP contribution in [0, 0.1) is 5.92 Å². The summed E-state index contributed by atoms with van der Waals surface area (Å²) in [4.78, 5) is 14.0. The number of carbonyl (C=O) groups excluding carboxylic acids is 1. The summed E-state index contributed by atoms with van der Waals surface area (Å²) in [6.45, 7) is 3.52. The van der Waals surface area contributed by atoms with Crippen molar-refractivity contribution in [1.29, 1.82) is 0 Å². The van der Waals surface area contributed by atoms with Crippen LogP contribution >= 0.6 is 24.8 Å². The zero-order valence-electron chi connectivity index (χ0n) is 12.5. The van der Waals surface area contributed by atoms with Crippen LogP contribution in [0.2, 0.25) is 0 Å². The number of nitrogens with two attached hydrogens (primary N) is 1. The van der Waals surface area contributed by atoms with Gasteiger partial charge in [0.05, 0.1) is 12.5 Å². The number of hydrogen-bond donors (Lipinski definition) is 2. The number of hydrogen-bond acceptors (Lipinski definition) is 4. The molecule has 1 rings (SSSR count). The van der Waals surface area contributed by atoms with E-state index in [2.05, 4.69) is 17.3 Å². The first kappa shape index (κ1) is 22.2. The van der Waals surface area contributed by atoms with Gasteiger partial charge in [-0.3, -0.25) is 4.79 Å². The number of nitrogens with zero attached hydrogens (tertiary/aromatic N) is 1. The average molecular weight is 330 g/mol. The van der Waals surface area contributed by atoms with Crippen molar-refractivity contribution in [3.05, 3.63) is 0 Å². The summed E-state index contributed by atoms with van der Waals surface area (Å²) < 4.78 is 5.09. The molecular formula is C13H29Cl2N3O2. The molecule has 0 saturated carbocycles. The normalized spacial score (nSPS) is 17.8. The fourth-order valence-electron chi connectivity index (χ4n) is 2.31. The lowest BCUT2D eigenvalue weighted by molar-refractivity contribution is -0.123. The number of piperidine rings is 1. The van der Waals surface area contributed by atoms with E-state index >= 15 is 0 Å². The second-order valence-corrected chi connectivity index (χ2v) is 5.18. The van der Waals surface area contributed by atoms with Crippen molar-refractivity contribution in [1.82, 2.24) is 10.2 Å². The van der Waals surface area contributed by atoms with Crippen molar-refractivity contribution in [2.24, 2.45) is 11.7 Å². The highest BCUT2D eigenvalue weighted by Crippen LogP contribution is 2.18. The molecular weight excluding hydrogens is 301 g/mol. The Bertz CT molecular complexity index is 246. The lowest BCUT2D eigenvalue weighted by Crippen LogP contribution is -2.35. The molecule has 1 aliphatic rings. The molecule has 0 aromatic rings. The molecule has 0 radical (unpaired) electrons. The Balaban J connectivity index is 0. The minimum atomic E-state index is -0.159. The van der Waals surface area contributed by atoms with Gasteiger partial charge in [0.2, 0.25) is 5.91 Å². The maximum atomic E-state index is 11.6. The van der Waals surface area contributed by atoms with Gasteiger partial charge < -0.3 is 20.7 Å². The van der Waals surface area contributed by atoms with E-state index in [1.54, 1.807) is 7.11 Å². The monoisotopic (exact) mass is 329 g/mol. The lowest BCUT2D eigenvalue weighted by Gasteiger charge is -2.28. The molecule has 1 amide bonds. The van der Waals surface area contributed by atoms with Crippen LogP contribution < -0.4 is 11.1 Å². The number of carbonyl (C=O) groups is 1. The molecule has 0 bridgehead atoms. The van der Waals surface area contributed by atoms with Crippen LogP contribution in [0.25, 0.3) is 0 Å². The maximum Gasteiger partial charge on any atom is 0.222 e. The van der Waals surface area contributed by atoms with Crippen molar-refractivity contribution < 1.29 is 9.53 Å². The van der Waals surface area contributed by atoms with E-state index in [1.165, 1.54) is 25.9 Å². The second kappa shape index (κ2) is 12.7. The predicted molar refractivity (Wildman–Crippen MR) is 86.8 cm³/mol. The van der Waals surface area contributed by atoms with Gasteiger partial charge in [-0.05, 0) is 45.3 Å². The number of likely N-dealkylation sites (tertiary alicyclic amines) is 1. The first-order valence-electron chi connectivity index (χ1n) is 6.83.